The molecule has 6 atom stereocenters. The standard InChI is InChI=1S/C22H28N6O4S/c1-2-7-33-22-24-20(23-15-9-14(15)11-3-5-13(30)6-4-11)17-21(25-22)28(27-26-17)16-8-12(10-29)18(31)19(16)32/h3-6,12,14-16,18-19,29-32H,2,7-10H2,1H3,(H,23,24,25). The van der Waals surface area contributed by atoms with E-state index in [4.69, 9.17) is 4.98 Å². The van der Waals surface area contributed by atoms with Crippen molar-refractivity contribution < 1.29 is 20.4 Å². The van der Waals surface area contributed by atoms with Gasteiger partial charge in [0.15, 0.2) is 22.1 Å². The molecule has 1 aromatic carbocycles. The number of benzene rings is 1. The summed E-state index contributed by atoms with van der Waals surface area (Å²) < 4.78 is 1.56. The number of nitrogens with one attached hydrogen (secondary N) is 1. The van der Waals surface area contributed by atoms with E-state index in [2.05, 4.69) is 27.5 Å². The summed E-state index contributed by atoms with van der Waals surface area (Å²) in [5.41, 5.74) is 2.17. The van der Waals surface area contributed by atoms with Crippen molar-refractivity contribution >= 4 is 28.7 Å². The number of phenolic OH excluding ortho intramolecular Hbond substituents is 1. The Morgan fingerprint density at radius 3 is 2.61 bits per heavy atom. The molecular formula is C22H28N6O4S. The molecule has 0 radical (unpaired) electrons. The summed E-state index contributed by atoms with van der Waals surface area (Å²) in [6, 6.07) is 6.90. The average molecular weight is 473 g/mol. The van der Waals surface area contributed by atoms with Crippen LogP contribution in [0.3, 0.4) is 0 Å². The highest BCUT2D eigenvalue weighted by atomic mass is 32.2. The number of aromatic nitrogens is 5. The van der Waals surface area contributed by atoms with E-state index in [1.807, 2.05) is 12.1 Å². The summed E-state index contributed by atoms with van der Waals surface area (Å²) in [6.45, 7) is 1.88. The number of anilines is 1. The van der Waals surface area contributed by atoms with E-state index in [9.17, 15) is 20.4 Å². The number of rotatable bonds is 8. The maximum Gasteiger partial charge on any atom is 0.191 e. The van der Waals surface area contributed by atoms with Crippen LogP contribution in [-0.4, -0.2) is 76.0 Å². The molecule has 2 saturated carbocycles. The van der Waals surface area contributed by atoms with Crippen LogP contribution in [-0.2, 0) is 0 Å². The second kappa shape index (κ2) is 9.05. The minimum Gasteiger partial charge on any atom is -0.508 e. The van der Waals surface area contributed by atoms with Crippen LogP contribution in [0.4, 0.5) is 5.82 Å². The van der Waals surface area contributed by atoms with Gasteiger partial charge in [-0.05, 0) is 37.0 Å². The van der Waals surface area contributed by atoms with Crippen molar-refractivity contribution in [3.8, 4) is 5.75 Å². The van der Waals surface area contributed by atoms with Gasteiger partial charge < -0.3 is 25.7 Å². The van der Waals surface area contributed by atoms with E-state index in [1.165, 1.54) is 0 Å². The lowest BCUT2D eigenvalue weighted by atomic mass is 10.1. The van der Waals surface area contributed by atoms with Crippen molar-refractivity contribution in [1.82, 2.24) is 25.0 Å². The minimum atomic E-state index is -1.06. The molecule has 33 heavy (non-hydrogen) atoms. The topological polar surface area (TPSA) is 149 Å². The average Bonchev–Trinajstić information content (AvgIpc) is 3.35. The number of phenols is 1. The quantitative estimate of drug-likeness (QED) is 0.242. The van der Waals surface area contributed by atoms with Crippen LogP contribution in [0.1, 0.15) is 43.7 Å². The zero-order valence-corrected chi connectivity index (χ0v) is 19.1. The van der Waals surface area contributed by atoms with Crippen LogP contribution < -0.4 is 5.32 Å². The SMILES string of the molecule is CCCSc1nc(NC2CC2c2ccc(O)cc2)c2nnn(C3CC(CO)C(O)C3O)c2n1. The molecular weight excluding hydrogens is 444 g/mol. The van der Waals surface area contributed by atoms with Gasteiger partial charge in [-0.15, -0.1) is 5.10 Å². The van der Waals surface area contributed by atoms with Gasteiger partial charge in [-0.3, -0.25) is 0 Å². The third-order valence-corrected chi connectivity index (χ3v) is 7.55. The zero-order chi connectivity index (χ0) is 23.1. The molecule has 2 fully saturated rings. The first-order valence-electron chi connectivity index (χ1n) is 11.3. The van der Waals surface area contributed by atoms with Crippen LogP contribution >= 0.6 is 11.8 Å². The Morgan fingerprint density at radius 1 is 1.12 bits per heavy atom. The van der Waals surface area contributed by atoms with Crippen LogP contribution in [0.15, 0.2) is 29.4 Å². The van der Waals surface area contributed by atoms with Crippen LogP contribution in [0.2, 0.25) is 0 Å². The lowest BCUT2D eigenvalue weighted by Gasteiger charge is -2.17. The number of thioether (sulfide) groups is 1. The van der Waals surface area contributed by atoms with E-state index in [0.29, 0.717) is 34.5 Å². The number of aromatic hydroxyl groups is 1. The van der Waals surface area contributed by atoms with Gasteiger partial charge in [0.05, 0.1) is 12.1 Å². The Kier molecular flexibility index (Phi) is 6.12. The molecule has 0 spiro atoms. The summed E-state index contributed by atoms with van der Waals surface area (Å²) in [4.78, 5) is 9.37. The molecule has 3 aromatic rings. The molecule has 11 heteroatoms. The van der Waals surface area contributed by atoms with Crippen molar-refractivity contribution in [3.63, 3.8) is 0 Å². The Hall–Kier alpha value is -2.47. The van der Waals surface area contributed by atoms with E-state index in [1.54, 1.807) is 28.6 Å². The van der Waals surface area contributed by atoms with Gasteiger partial charge in [-0.1, -0.05) is 36.0 Å². The summed E-state index contributed by atoms with van der Waals surface area (Å²) in [5.74, 6) is 1.61. The normalized spacial score (nSPS) is 29.0. The Balaban J connectivity index is 1.45. The summed E-state index contributed by atoms with van der Waals surface area (Å²) in [5, 5.41) is 52.6. The van der Waals surface area contributed by atoms with Gasteiger partial charge >= 0.3 is 0 Å². The highest BCUT2D eigenvalue weighted by Gasteiger charge is 2.44. The molecule has 0 amide bonds. The van der Waals surface area contributed by atoms with Gasteiger partial charge in [-0.25, -0.2) is 14.6 Å². The van der Waals surface area contributed by atoms with Gasteiger partial charge in [-0.2, -0.15) is 0 Å². The molecule has 2 heterocycles. The fourth-order valence-electron chi connectivity index (χ4n) is 4.53. The van der Waals surface area contributed by atoms with E-state index in [0.717, 1.165) is 24.2 Å². The molecule has 5 N–H and O–H groups in total. The van der Waals surface area contributed by atoms with Crippen molar-refractivity contribution in [2.45, 2.75) is 61.6 Å². The zero-order valence-electron chi connectivity index (χ0n) is 18.2. The highest BCUT2D eigenvalue weighted by molar-refractivity contribution is 7.99. The third kappa shape index (κ3) is 4.25. The predicted molar refractivity (Wildman–Crippen MR) is 123 cm³/mol. The molecule has 6 unspecified atom stereocenters. The van der Waals surface area contributed by atoms with E-state index >= 15 is 0 Å². The Labute approximate surface area is 195 Å². The number of hydrogen-bond donors (Lipinski definition) is 5. The maximum absolute atomic E-state index is 10.6. The van der Waals surface area contributed by atoms with Crippen molar-refractivity contribution in [2.24, 2.45) is 5.92 Å². The summed E-state index contributed by atoms with van der Waals surface area (Å²) in [6.07, 6.45) is 0.210. The van der Waals surface area contributed by atoms with Gasteiger partial charge in [0.1, 0.15) is 11.9 Å². The fourth-order valence-corrected chi connectivity index (χ4v) is 5.23. The third-order valence-electron chi connectivity index (χ3n) is 6.49. The molecule has 2 aliphatic carbocycles. The Bertz CT molecular complexity index is 1130. The first-order chi connectivity index (χ1) is 16.0. The summed E-state index contributed by atoms with van der Waals surface area (Å²) >= 11 is 1.55. The first kappa shape index (κ1) is 22.3. The van der Waals surface area contributed by atoms with Gasteiger partial charge in [0, 0.05) is 30.2 Å². The van der Waals surface area contributed by atoms with Crippen LogP contribution in [0.25, 0.3) is 11.2 Å². The van der Waals surface area contributed by atoms with Gasteiger partial charge in [0.2, 0.25) is 0 Å². The fraction of sp³-hybridized carbons (Fsp3) is 0.545. The number of aliphatic hydroxyl groups excluding tert-OH is 3. The molecule has 2 aliphatic rings. The lowest BCUT2D eigenvalue weighted by molar-refractivity contribution is -0.00512. The van der Waals surface area contributed by atoms with Crippen molar-refractivity contribution in [3.05, 3.63) is 29.8 Å². The first-order valence-corrected chi connectivity index (χ1v) is 12.3. The second-order valence-electron chi connectivity index (χ2n) is 8.82. The number of hydrogen-bond acceptors (Lipinski definition) is 10. The molecule has 10 nitrogen and oxygen atoms in total. The highest BCUT2D eigenvalue weighted by Crippen LogP contribution is 2.44. The number of fused-ring (bicyclic) bond motifs is 1. The molecule has 0 aliphatic heterocycles. The maximum atomic E-state index is 10.6. The molecule has 0 saturated heterocycles. The van der Waals surface area contributed by atoms with E-state index < -0.39 is 24.2 Å². The minimum absolute atomic E-state index is 0.180. The summed E-state index contributed by atoms with van der Waals surface area (Å²) in [7, 11) is 0. The predicted octanol–water partition coefficient (Wildman–Crippen LogP) is 1.67. The smallest absolute Gasteiger partial charge is 0.191 e. The monoisotopic (exact) mass is 472 g/mol. The molecule has 0 bridgehead atoms. The largest absolute Gasteiger partial charge is 0.508 e. The molecule has 176 valence electrons. The van der Waals surface area contributed by atoms with Crippen LogP contribution in [0.5, 0.6) is 5.75 Å². The van der Waals surface area contributed by atoms with E-state index in [-0.39, 0.29) is 18.4 Å². The van der Waals surface area contributed by atoms with Gasteiger partial charge in [0.25, 0.3) is 0 Å². The number of nitrogens with zero attached hydrogens (tertiary/aromatic N) is 5. The second-order valence-corrected chi connectivity index (χ2v) is 9.88. The molecule has 2 aromatic heterocycles. The van der Waals surface area contributed by atoms with Crippen molar-refractivity contribution in [2.75, 3.05) is 17.7 Å². The molecule has 5 rings (SSSR count). The Morgan fingerprint density at radius 2 is 1.91 bits per heavy atom. The van der Waals surface area contributed by atoms with Crippen LogP contribution in [0, 0.1) is 5.92 Å². The van der Waals surface area contributed by atoms with Crippen molar-refractivity contribution in [1.29, 1.82) is 0 Å². The number of aliphatic hydroxyl groups is 3. The lowest BCUT2D eigenvalue weighted by Crippen LogP contribution is -2.30.